The van der Waals surface area contributed by atoms with Gasteiger partial charge in [0.25, 0.3) is 0 Å². The summed E-state index contributed by atoms with van der Waals surface area (Å²) >= 11 is 13.6. The number of aliphatic imine (C=N–C) groups is 1. The Balaban J connectivity index is 2.38. The van der Waals surface area contributed by atoms with Gasteiger partial charge >= 0.3 is 0 Å². The zero-order valence-corrected chi connectivity index (χ0v) is 17.4. The van der Waals surface area contributed by atoms with Gasteiger partial charge in [0.15, 0.2) is 11.9 Å². The Morgan fingerprint density at radius 2 is 2.15 bits per heavy atom. The van der Waals surface area contributed by atoms with Crippen LogP contribution in [0, 0.1) is 11.5 Å². The van der Waals surface area contributed by atoms with Crippen LogP contribution >= 0.6 is 45.2 Å². The molecule has 0 aliphatic heterocycles. The van der Waals surface area contributed by atoms with Gasteiger partial charge in [-0.1, -0.05) is 39.9 Å². The number of guanidine groups is 1. The highest BCUT2D eigenvalue weighted by Gasteiger charge is 2.16. The summed E-state index contributed by atoms with van der Waals surface area (Å²) in [4.78, 5) is 4.29. The topological polar surface area (TPSA) is 83.7 Å². The molecule has 1 unspecified atom stereocenters. The molecule has 0 spiro atoms. The van der Waals surface area contributed by atoms with Crippen LogP contribution in [0.3, 0.4) is 0 Å². The molecule has 1 aromatic heterocycles. The molecule has 10 heteroatoms. The van der Waals surface area contributed by atoms with Crippen molar-refractivity contribution >= 4 is 67.9 Å². The summed E-state index contributed by atoms with van der Waals surface area (Å²) in [5.74, 6) is 0.247. The second-order valence-electron chi connectivity index (χ2n) is 5.04. The normalized spacial score (nSPS) is 12.9. The second-order valence-corrected chi connectivity index (χ2v) is 9.21. The molecule has 0 bridgehead atoms. The van der Waals surface area contributed by atoms with E-state index in [-0.39, 0.29) is 27.4 Å². The number of thiophene rings is 1. The number of nitriles is 1. The van der Waals surface area contributed by atoms with E-state index in [2.05, 4.69) is 15.6 Å². The van der Waals surface area contributed by atoms with E-state index in [0.29, 0.717) is 16.4 Å². The molecule has 1 heterocycles. The van der Waals surface area contributed by atoms with Gasteiger partial charge in [0.2, 0.25) is 5.96 Å². The highest BCUT2D eigenvalue weighted by molar-refractivity contribution is 8.14. The quantitative estimate of drug-likeness (QED) is 0.212. The summed E-state index contributed by atoms with van der Waals surface area (Å²) in [6.07, 6.45) is 1.81. The first-order valence-corrected chi connectivity index (χ1v) is 10.2. The number of rotatable bonds is 4. The van der Waals surface area contributed by atoms with Gasteiger partial charge < -0.3 is 10.4 Å². The van der Waals surface area contributed by atoms with E-state index < -0.39 is 0 Å². The fraction of sp³-hybridized carbons (Fsp3) is 0.188. The summed E-state index contributed by atoms with van der Waals surface area (Å²) in [5.41, 5.74) is 0.847. The van der Waals surface area contributed by atoms with Crippen LogP contribution in [0.25, 0.3) is 0 Å². The van der Waals surface area contributed by atoms with Crippen LogP contribution in [0.5, 0.6) is 5.75 Å². The second kappa shape index (κ2) is 9.26. The number of hydrogen-bond acceptors (Lipinski definition) is 5. The average molecular weight is 430 g/mol. The summed E-state index contributed by atoms with van der Waals surface area (Å²) in [5, 5.41) is 29.3. The average Bonchev–Trinajstić information content (AvgIpc) is 2.93. The van der Waals surface area contributed by atoms with Crippen molar-refractivity contribution in [3.05, 3.63) is 33.6 Å². The molecule has 1 aromatic carbocycles. The number of anilines is 1. The third-order valence-corrected chi connectivity index (χ3v) is 7.31. The van der Waals surface area contributed by atoms with Crippen LogP contribution in [0.2, 0.25) is 10.0 Å². The molecule has 138 valence electrons. The number of hydrogen-bond donors (Lipinski definition) is 3. The maximum Gasteiger partial charge on any atom is 0.214 e. The van der Waals surface area contributed by atoms with Gasteiger partial charge in [-0.05, 0) is 38.5 Å². The Morgan fingerprint density at radius 3 is 2.77 bits per heavy atom. The van der Waals surface area contributed by atoms with Crippen molar-refractivity contribution in [2.24, 2.45) is 4.99 Å². The number of halogens is 2. The standard InChI is InChI=1S/C16H17Cl2N5OS2/c1-4-26(23(2)3)15-14(24)12(8-25-15)22-16(20-9-19)21-11-7-5-6-10(17)13(11)18/h4-8,24H,1-3H3,(H2,20,21,22). The Kier molecular flexibility index (Phi) is 7.32. The first kappa shape index (κ1) is 20.6. The van der Waals surface area contributed by atoms with Crippen LogP contribution in [0.1, 0.15) is 6.92 Å². The first-order valence-electron chi connectivity index (χ1n) is 7.34. The van der Waals surface area contributed by atoms with E-state index in [1.807, 2.05) is 36.9 Å². The van der Waals surface area contributed by atoms with E-state index >= 15 is 0 Å². The summed E-state index contributed by atoms with van der Waals surface area (Å²) in [7, 11) is 3.56. The lowest BCUT2D eigenvalue weighted by Gasteiger charge is -2.15. The number of nitrogens with zero attached hydrogens (tertiary/aromatic N) is 3. The number of nitrogens with one attached hydrogen (secondary N) is 2. The molecular formula is C16H17Cl2N5OS2. The van der Waals surface area contributed by atoms with Crippen molar-refractivity contribution in [3.8, 4) is 11.9 Å². The van der Waals surface area contributed by atoms with Crippen molar-refractivity contribution in [1.82, 2.24) is 9.62 Å². The van der Waals surface area contributed by atoms with Crippen molar-refractivity contribution in [2.75, 3.05) is 19.4 Å². The SMILES string of the molecule is C/C=S(\c1scc(NC(=Nc2cccc(Cl)c2Cl)NC#N)c1O)N(C)C. The lowest BCUT2D eigenvalue weighted by atomic mass is 10.3. The molecule has 1 atom stereocenters. The van der Waals surface area contributed by atoms with Gasteiger partial charge in [-0.15, -0.1) is 11.3 Å². The monoisotopic (exact) mass is 429 g/mol. The predicted octanol–water partition coefficient (Wildman–Crippen LogP) is 4.86. The molecule has 0 aliphatic carbocycles. The molecule has 26 heavy (non-hydrogen) atoms. The third kappa shape index (κ3) is 4.69. The largest absolute Gasteiger partial charge is 0.504 e. The van der Waals surface area contributed by atoms with E-state index in [1.54, 1.807) is 23.6 Å². The van der Waals surface area contributed by atoms with Crippen LogP contribution in [-0.2, 0) is 0 Å². The Morgan fingerprint density at radius 1 is 1.42 bits per heavy atom. The molecule has 0 radical (unpaired) electrons. The van der Waals surface area contributed by atoms with Gasteiger partial charge in [0.1, 0.15) is 4.21 Å². The molecule has 2 rings (SSSR count). The lowest BCUT2D eigenvalue weighted by molar-refractivity contribution is 0.468. The summed E-state index contributed by atoms with van der Waals surface area (Å²) in [6, 6.07) is 5.02. The van der Waals surface area contributed by atoms with E-state index in [4.69, 9.17) is 28.5 Å². The zero-order valence-electron chi connectivity index (χ0n) is 14.2. The molecule has 0 saturated carbocycles. The molecule has 0 aliphatic rings. The smallest absolute Gasteiger partial charge is 0.214 e. The fourth-order valence-corrected chi connectivity index (χ4v) is 5.53. The zero-order chi connectivity index (χ0) is 19.3. The Hall–Kier alpha value is -1.76. The number of benzene rings is 1. The maximum atomic E-state index is 10.6. The minimum Gasteiger partial charge on any atom is -0.504 e. The van der Waals surface area contributed by atoms with E-state index in [9.17, 15) is 5.11 Å². The van der Waals surface area contributed by atoms with Crippen LogP contribution in [0.15, 0.2) is 32.8 Å². The molecule has 0 fully saturated rings. The van der Waals surface area contributed by atoms with Gasteiger partial charge in [0.05, 0.1) is 21.4 Å². The van der Waals surface area contributed by atoms with Crippen molar-refractivity contribution in [1.29, 1.82) is 5.26 Å². The molecule has 3 N–H and O–H groups in total. The molecule has 6 nitrogen and oxygen atoms in total. The van der Waals surface area contributed by atoms with E-state index in [1.165, 1.54) is 11.3 Å². The molecule has 0 amide bonds. The van der Waals surface area contributed by atoms with Gasteiger partial charge in [-0.2, -0.15) is 5.26 Å². The predicted molar refractivity (Wildman–Crippen MR) is 113 cm³/mol. The highest BCUT2D eigenvalue weighted by atomic mass is 35.5. The van der Waals surface area contributed by atoms with Gasteiger partial charge in [0, 0.05) is 5.38 Å². The molecule has 2 aromatic rings. The summed E-state index contributed by atoms with van der Waals surface area (Å²) < 4.78 is 2.83. The number of aromatic hydroxyl groups is 1. The van der Waals surface area contributed by atoms with Crippen LogP contribution in [0.4, 0.5) is 11.4 Å². The van der Waals surface area contributed by atoms with Crippen LogP contribution in [-0.4, -0.2) is 34.8 Å². The van der Waals surface area contributed by atoms with Gasteiger partial charge in [-0.3, -0.25) is 9.62 Å². The highest BCUT2D eigenvalue weighted by Crippen LogP contribution is 2.45. The third-order valence-electron chi connectivity index (χ3n) is 3.13. The first-order chi connectivity index (χ1) is 12.4. The molecule has 0 saturated heterocycles. The van der Waals surface area contributed by atoms with Gasteiger partial charge in [-0.25, -0.2) is 4.99 Å². The summed E-state index contributed by atoms with van der Waals surface area (Å²) in [6.45, 7) is 1.95. The Labute approximate surface area is 168 Å². The maximum absolute atomic E-state index is 10.6. The minimum atomic E-state index is -0.328. The Bertz CT molecular complexity index is 903. The minimum absolute atomic E-state index is 0.120. The fourth-order valence-electron chi connectivity index (χ4n) is 2.02. The van der Waals surface area contributed by atoms with E-state index in [0.717, 1.165) is 4.21 Å². The molecular weight excluding hydrogens is 413 g/mol. The van der Waals surface area contributed by atoms with Crippen molar-refractivity contribution in [2.45, 2.75) is 11.1 Å². The van der Waals surface area contributed by atoms with Crippen molar-refractivity contribution < 1.29 is 5.11 Å². The van der Waals surface area contributed by atoms with Crippen molar-refractivity contribution in [3.63, 3.8) is 0 Å². The lowest BCUT2D eigenvalue weighted by Crippen LogP contribution is -2.26. The van der Waals surface area contributed by atoms with Crippen LogP contribution < -0.4 is 10.6 Å².